The van der Waals surface area contributed by atoms with Crippen LogP contribution >= 0.6 is 0 Å². The summed E-state index contributed by atoms with van der Waals surface area (Å²) < 4.78 is 4.58. The van der Waals surface area contributed by atoms with E-state index in [0.717, 1.165) is 0 Å². The molecule has 102 valence electrons. The Kier molecular flexibility index (Phi) is 4.00. The molecule has 0 fully saturated rings. The average Bonchev–Trinajstić information content (AvgIpc) is 2.46. The van der Waals surface area contributed by atoms with Gasteiger partial charge in [0.1, 0.15) is 5.75 Å². The molecule has 0 aliphatic rings. The minimum atomic E-state index is -0.454. The number of benzene rings is 2. The lowest BCUT2D eigenvalue weighted by molar-refractivity contribution is 0.0600. The Morgan fingerprint density at radius 3 is 2.30 bits per heavy atom. The van der Waals surface area contributed by atoms with E-state index in [9.17, 15) is 14.7 Å². The summed E-state index contributed by atoms with van der Waals surface area (Å²) in [5.41, 5.74) is 1.27. The van der Waals surface area contributed by atoms with Crippen molar-refractivity contribution in [2.75, 3.05) is 12.4 Å². The summed E-state index contributed by atoms with van der Waals surface area (Å²) in [5.74, 6) is -0.708. The van der Waals surface area contributed by atoms with Crippen molar-refractivity contribution in [1.82, 2.24) is 0 Å². The van der Waals surface area contributed by atoms with E-state index in [1.54, 1.807) is 12.1 Å². The van der Waals surface area contributed by atoms with Crippen molar-refractivity contribution in [2.24, 2.45) is 0 Å². The Hall–Kier alpha value is -2.82. The molecule has 0 saturated carbocycles. The van der Waals surface area contributed by atoms with Crippen LogP contribution < -0.4 is 5.32 Å². The topological polar surface area (TPSA) is 75.6 Å². The number of carbonyl (C=O) groups excluding carboxylic acids is 2. The Balaban J connectivity index is 2.11. The molecule has 0 saturated heterocycles. The van der Waals surface area contributed by atoms with Crippen LogP contribution in [-0.2, 0) is 4.74 Å². The summed E-state index contributed by atoms with van der Waals surface area (Å²) in [5, 5.41) is 12.0. The number of methoxy groups -OCH3 is 1. The predicted octanol–water partition coefficient (Wildman–Crippen LogP) is 2.43. The van der Waals surface area contributed by atoms with Gasteiger partial charge in [-0.1, -0.05) is 6.07 Å². The van der Waals surface area contributed by atoms with E-state index in [1.165, 1.54) is 43.5 Å². The van der Waals surface area contributed by atoms with Gasteiger partial charge in [0.2, 0.25) is 0 Å². The number of phenols is 1. The normalized spacial score (nSPS) is 9.85. The van der Waals surface area contributed by atoms with Crippen LogP contribution in [0.3, 0.4) is 0 Å². The van der Waals surface area contributed by atoms with Crippen molar-refractivity contribution in [1.29, 1.82) is 0 Å². The molecule has 5 nitrogen and oxygen atoms in total. The third-order valence-electron chi connectivity index (χ3n) is 2.67. The van der Waals surface area contributed by atoms with E-state index in [4.69, 9.17) is 0 Å². The summed E-state index contributed by atoms with van der Waals surface area (Å²) >= 11 is 0. The van der Waals surface area contributed by atoms with Gasteiger partial charge in [-0.3, -0.25) is 4.79 Å². The number of phenolic OH excluding ortho intramolecular Hbond substituents is 1. The zero-order valence-corrected chi connectivity index (χ0v) is 10.8. The van der Waals surface area contributed by atoms with Crippen molar-refractivity contribution in [2.45, 2.75) is 0 Å². The number of aromatic hydroxyl groups is 1. The van der Waals surface area contributed by atoms with Gasteiger partial charge >= 0.3 is 5.97 Å². The number of hydrogen-bond donors (Lipinski definition) is 2. The Labute approximate surface area is 115 Å². The van der Waals surface area contributed by atoms with Crippen LogP contribution in [0, 0.1) is 0 Å². The first-order chi connectivity index (χ1) is 9.60. The van der Waals surface area contributed by atoms with Crippen LogP contribution in [0.25, 0.3) is 0 Å². The van der Waals surface area contributed by atoms with Gasteiger partial charge in [-0.2, -0.15) is 0 Å². The second kappa shape index (κ2) is 5.88. The lowest BCUT2D eigenvalue weighted by Crippen LogP contribution is -2.12. The van der Waals surface area contributed by atoms with Crippen molar-refractivity contribution in [3.8, 4) is 5.75 Å². The molecule has 2 aromatic rings. The van der Waals surface area contributed by atoms with Crippen LogP contribution in [0.4, 0.5) is 5.69 Å². The number of ether oxygens (including phenoxy) is 1. The molecule has 0 spiro atoms. The van der Waals surface area contributed by atoms with Crippen molar-refractivity contribution < 1.29 is 19.4 Å². The highest BCUT2D eigenvalue weighted by atomic mass is 16.5. The summed E-state index contributed by atoms with van der Waals surface area (Å²) in [4.78, 5) is 23.2. The fraction of sp³-hybridized carbons (Fsp3) is 0.0667. The van der Waals surface area contributed by atoms with Crippen molar-refractivity contribution >= 4 is 17.6 Å². The molecule has 2 aromatic carbocycles. The molecule has 0 aromatic heterocycles. The number of anilines is 1. The van der Waals surface area contributed by atoms with Crippen LogP contribution in [0.5, 0.6) is 5.75 Å². The Morgan fingerprint density at radius 2 is 1.70 bits per heavy atom. The van der Waals surface area contributed by atoms with Crippen LogP contribution in [0.1, 0.15) is 20.7 Å². The van der Waals surface area contributed by atoms with Gasteiger partial charge in [-0.05, 0) is 36.4 Å². The molecule has 1 amide bonds. The zero-order chi connectivity index (χ0) is 14.5. The Morgan fingerprint density at radius 1 is 1.05 bits per heavy atom. The van der Waals surface area contributed by atoms with Gasteiger partial charge in [0.15, 0.2) is 0 Å². The molecule has 0 aliphatic carbocycles. The second-order valence-corrected chi connectivity index (χ2v) is 4.07. The maximum Gasteiger partial charge on any atom is 0.337 e. The molecule has 0 unspecified atom stereocenters. The van der Waals surface area contributed by atoms with E-state index >= 15 is 0 Å². The molecule has 0 radical (unpaired) electrons. The second-order valence-electron chi connectivity index (χ2n) is 4.07. The van der Waals surface area contributed by atoms with E-state index in [-0.39, 0.29) is 11.7 Å². The third-order valence-corrected chi connectivity index (χ3v) is 2.67. The SMILES string of the molecule is COC(=O)c1ccc(C(=O)Nc2cccc(O)c2)cc1. The first-order valence-corrected chi connectivity index (χ1v) is 5.89. The molecular weight excluding hydrogens is 258 g/mol. The number of amides is 1. The summed E-state index contributed by atoms with van der Waals surface area (Å²) in [7, 11) is 1.30. The van der Waals surface area contributed by atoms with Gasteiger partial charge in [-0.15, -0.1) is 0 Å². The minimum Gasteiger partial charge on any atom is -0.508 e. The molecule has 0 heterocycles. The summed E-state index contributed by atoms with van der Waals surface area (Å²) in [6, 6.07) is 12.4. The van der Waals surface area contributed by atoms with Gasteiger partial charge in [-0.25, -0.2) is 4.79 Å². The smallest absolute Gasteiger partial charge is 0.337 e. The molecular formula is C15H13NO4. The average molecular weight is 271 g/mol. The predicted molar refractivity (Wildman–Crippen MR) is 73.8 cm³/mol. The van der Waals surface area contributed by atoms with Gasteiger partial charge < -0.3 is 15.2 Å². The number of esters is 1. The monoisotopic (exact) mass is 271 g/mol. The van der Waals surface area contributed by atoms with Gasteiger partial charge in [0.25, 0.3) is 5.91 Å². The molecule has 0 aliphatic heterocycles. The molecule has 0 bridgehead atoms. The van der Waals surface area contributed by atoms with E-state index in [1.807, 2.05) is 0 Å². The Bertz CT molecular complexity index is 635. The number of rotatable bonds is 3. The summed E-state index contributed by atoms with van der Waals surface area (Å²) in [6.07, 6.45) is 0. The lowest BCUT2D eigenvalue weighted by Gasteiger charge is -2.06. The highest BCUT2D eigenvalue weighted by Crippen LogP contribution is 2.16. The third kappa shape index (κ3) is 3.14. The van der Waals surface area contributed by atoms with Crippen molar-refractivity contribution in [3.05, 3.63) is 59.7 Å². The number of carbonyl (C=O) groups is 2. The fourth-order valence-corrected chi connectivity index (χ4v) is 1.66. The molecule has 2 rings (SSSR count). The lowest BCUT2D eigenvalue weighted by atomic mass is 10.1. The van der Waals surface area contributed by atoms with Gasteiger partial charge in [0, 0.05) is 17.3 Å². The zero-order valence-electron chi connectivity index (χ0n) is 10.8. The number of nitrogens with one attached hydrogen (secondary N) is 1. The highest BCUT2D eigenvalue weighted by Gasteiger charge is 2.09. The van der Waals surface area contributed by atoms with Crippen molar-refractivity contribution in [3.63, 3.8) is 0 Å². The number of hydrogen-bond acceptors (Lipinski definition) is 4. The van der Waals surface area contributed by atoms with Crippen LogP contribution in [0.2, 0.25) is 0 Å². The minimum absolute atomic E-state index is 0.0730. The van der Waals surface area contributed by atoms with Crippen LogP contribution in [-0.4, -0.2) is 24.1 Å². The van der Waals surface area contributed by atoms with Crippen LogP contribution in [0.15, 0.2) is 48.5 Å². The highest BCUT2D eigenvalue weighted by molar-refractivity contribution is 6.04. The molecule has 5 heteroatoms. The quantitative estimate of drug-likeness (QED) is 0.841. The molecule has 20 heavy (non-hydrogen) atoms. The fourth-order valence-electron chi connectivity index (χ4n) is 1.66. The largest absolute Gasteiger partial charge is 0.508 e. The molecule has 2 N–H and O–H groups in total. The first kappa shape index (κ1) is 13.6. The van der Waals surface area contributed by atoms with E-state index in [2.05, 4.69) is 10.1 Å². The maximum atomic E-state index is 12.0. The maximum absolute atomic E-state index is 12.0. The standard InChI is InChI=1S/C15H13NO4/c1-20-15(19)11-7-5-10(6-8-11)14(18)16-12-3-2-4-13(17)9-12/h2-9,17H,1H3,(H,16,18). The summed E-state index contributed by atoms with van der Waals surface area (Å²) in [6.45, 7) is 0. The first-order valence-electron chi connectivity index (χ1n) is 5.89. The molecule has 0 atom stereocenters. The van der Waals surface area contributed by atoms with E-state index in [0.29, 0.717) is 16.8 Å². The van der Waals surface area contributed by atoms with Gasteiger partial charge in [0.05, 0.1) is 12.7 Å². The van der Waals surface area contributed by atoms with E-state index < -0.39 is 5.97 Å².